The fourth-order valence-electron chi connectivity index (χ4n) is 2.95. The number of aliphatic imine (C=N–C) groups is 1. The van der Waals surface area contributed by atoms with Crippen LogP contribution in [0.5, 0.6) is 0 Å². The number of hydrogen-bond acceptors (Lipinski definition) is 2. The molecule has 148 valence electrons. The number of nitrogens with one attached hydrogen (secondary N) is 2. The summed E-state index contributed by atoms with van der Waals surface area (Å²) in [5.41, 5.74) is 5.24. The van der Waals surface area contributed by atoms with E-state index in [1.165, 1.54) is 22.3 Å². The molecule has 0 saturated carbocycles. The summed E-state index contributed by atoms with van der Waals surface area (Å²) >= 11 is 0. The largest absolute Gasteiger partial charge is 0.356 e. The van der Waals surface area contributed by atoms with Gasteiger partial charge in [0.25, 0.3) is 0 Å². The molecule has 2 aromatic rings. The molecule has 2 rings (SSSR count). The third-order valence-electron chi connectivity index (χ3n) is 4.36. The molecule has 0 saturated heterocycles. The summed E-state index contributed by atoms with van der Waals surface area (Å²) in [5, 5.41) is 6.84. The third-order valence-corrected chi connectivity index (χ3v) is 4.36. The van der Waals surface area contributed by atoms with Gasteiger partial charge in [-0.1, -0.05) is 61.0 Å². The maximum Gasteiger partial charge on any atom is 0.191 e. The number of guanidine groups is 1. The highest BCUT2D eigenvalue weighted by molar-refractivity contribution is 14.0. The Labute approximate surface area is 181 Å². The molecule has 0 radical (unpaired) electrons. The van der Waals surface area contributed by atoms with E-state index in [-0.39, 0.29) is 24.0 Å². The molecule has 5 heteroatoms. The van der Waals surface area contributed by atoms with Gasteiger partial charge in [-0.3, -0.25) is 4.99 Å². The molecule has 2 aromatic carbocycles. The van der Waals surface area contributed by atoms with Crippen molar-refractivity contribution in [3.63, 3.8) is 0 Å². The fourth-order valence-corrected chi connectivity index (χ4v) is 2.95. The summed E-state index contributed by atoms with van der Waals surface area (Å²) in [5.74, 6) is 1.26. The van der Waals surface area contributed by atoms with Crippen LogP contribution in [-0.2, 0) is 13.1 Å². The molecule has 0 aliphatic rings. The van der Waals surface area contributed by atoms with E-state index < -0.39 is 0 Å². The van der Waals surface area contributed by atoms with E-state index >= 15 is 0 Å². The van der Waals surface area contributed by atoms with Crippen molar-refractivity contribution in [3.8, 4) is 0 Å². The lowest BCUT2D eigenvalue weighted by molar-refractivity contribution is 0.402. The summed E-state index contributed by atoms with van der Waals surface area (Å²) in [7, 11) is 5.99. The highest BCUT2D eigenvalue weighted by Crippen LogP contribution is 2.15. The van der Waals surface area contributed by atoms with Crippen molar-refractivity contribution in [2.45, 2.75) is 32.9 Å². The Morgan fingerprint density at radius 1 is 1.04 bits per heavy atom. The molecule has 0 bridgehead atoms. The standard InChI is InChI=1S/C22H32N4.HI/c1-17-8-6-11-21(12-17)18(2)14-24-22(23-3)25-15-19-9-7-10-20(13-19)16-26(4)5;/h6-13,18H,14-16H2,1-5H3,(H2,23,24,25);1H. The number of benzene rings is 2. The average molecular weight is 480 g/mol. The Bertz CT molecular complexity index is 728. The lowest BCUT2D eigenvalue weighted by atomic mass is 9.99. The van der Waals surface area contributed by atoms with Crippen molar-refractivity contribution in [1.29, 1.82) is 0 Å². The Balaban J connectivity index is 0.00000364. The Hall–Kier alpha value is -1.60. The second kappa shape index (κ2) is 12.0. The SMILES string of the molecule is CN=C(NCc1cccc(CN(C)C)c1)NCC(C)c1cccc(C)c1.I. The van der Waals surface area contributed by atoms with Crippen LogP contribution in [0.25, 0.3) is 0 Å². The number of hydrogen-bond donors (Lipinski definition) is 2. The number of nitrogens with zero attached hydrogens (tertiary/aromatic N) is 2. The predicted molar refractivity (Wildman–Crippen MR) is 127 cm³/mol. The van der Waals surface area contributed by atoms with Gasteiger partial charge in [0, 0.05) is 26.7 Å². The van der Waals surface area contributed by atoms with E-state index in [9.17, 15) is 0 Å². The maximum atomic E-state index is 4.34. The fraction of sp³-hybridized carbons (Fsp3) is 0.409. The van der Waals surface area contributed by atoms with Crippen molar-refractivity contribution >= 4 is 29.9 Å². The monoisotopic (exact) mass is 480 g/mol. The third kappa shape index (κ3) is 8.30. The average Bonchev–Trinajstić information content (AvgIpc) is 2.61. The summed E-state index contributed by atoms with van der Waals surface area (Å²) < 4.78 is 0. The van der Waals surface area contributed by atoms with Gasteiger partial charge in [-0.25, -0.2) is 0 Å². The number of rotatable bonds is 7. The van der Waals surface area contributed by atoms with E-state index in [0.717, 1.165) is 25.6 Å². The topological polar surface area (TPSA) is 39.7 Å². The van der Waals surface area contributed by atoms with Gasteiger partial charge in [0.15, 0.2) is 5.96 Å². The van der Waals surface area contributed by atoms with Crippen LogP contribution in [0.15, 0.2) is 53.5 Å². The molecule has 0 aliphatic carbocycles. The Kier molecular flexibility index (Phi) is 10.4. The highest BCUT2D eigenvalue weighted by Gasteiger charge is 2.07. The minimum atomic E-state index is 0. The van der Waals surface area contributed by atoms with E-state index in [0.29, 0.717) is 5.92 Å². The van der Waals surface area contributed by atoms with Crippen molar-refractivity contribution in [2.24, 2.45) is 4.99 Å². The molecular formula is C22H33IN4. The molecule has 27 heavy (non-hydrogen) atoms. The van der Waals surface area contributed by atoms with Gasteiger partial charge in [0.05, 0.1) is 0 Å². The van der Waals surface area contributed by atoms with Gasteiger partial charge in [-0.2, -0.15) is 0 Å². The summed E-state index contributed by atoms with van der Waals surface area (Å²) in [4.78, 5) is 6.52. The first kappa shape index (κ1) is 23.4. The van der Waals surface area contributed by atoms with Gasteiger partial charge in [0.2, 0.25) is 0 Å². The normalized spacial score (nSPS) is 12.4. The van der Waals surface area contributed by atoms with Gasteiger partial charge >= 0.3 is 0 Å². The van der Waals surface area contributed by atoms with E-state index in [2.05, 4.69) is 97.0 Å². The summed E-state index contributed by atoms with van der Waals surface area (Å²) in [6, 6.07) is 17.4. The van der Waals surface area contributed by atoms with Crippen LogP contribution >= 0.6 is 24.0 Å². The molecule has 1 unspecified atom stereocenters. The second-order valence-corrected chi connectivity index (χ2v) is 7.18. The number of halogens is 1. The van der Waals surface area contributed by atoms with Crippen LogP contribution in [0.4, 0.5) is 0 Å². The van der Waals surface area contributed by atoms with Crippen molar-refractivity contribution in [2.75, 3.05) is 27.7 Å². The first-order chi connectivity index (χ1) is 12.5. The zero-order valence-corrected chi connectivity index (χ0v) is 19.5. The van der Waals surface area contributed by atoms with Crippen LogP contribution in [0, 0.1) is 6.92 Å². The highest BCUT2D eigenvalue weighted by atomic mass is 127. The molecule has 0 aliphatic heterocycles. The maximum absolute atomic E-state index is 4.34. The zero-order chi connectivity index (χ0) is 18.9. The second-order valence-electron chi connectivity index (χ2n) is 7.18. The van der Waals surface area contributed by atoms with E-state index in [4.69, 9.17) is 0 Å². The van der Waals surface area contributed by atoms with E-state index in [1.54, 1.807) is 0 Å². The van der Waals surface area contributed by atoms with Gasteiger partial charge in [0.1, 0.15) is 0 Å². The van der Waals surface area contributed by atoms with Crippen molar-refractivity contribution in [3.05, 3.63) is 70.8 Å². The Morgan fingerprint density at radius 2 is 1.74 bits per heavy atom. The molecule has 4 nitrogen and oxygen atoms in total. The zero-order valence-electron chi connectivity index (χ0n) is 17.1. The first-order valence-electron chi connectivity index (χ1n) is 9.21. The molecule has 0 amide bonds. The molecular weight excluding hydrogens is 447 g/mol. The van der Waals surface area contributed by atoms with Gasteiger partial charge < -0.3 is 15.5 Å². The van der Waals surface area contributed by atoms with Crippen molar-refractivity contribution in [1.82, 2.24) is 15.5 Å². The predicted octanol–water partition coefficient (Wildman–Crippen LogP) is 4.14. The quantitative estimate of drug-likeness (QED) is 0.356. The van der Waals surface area contributed by atoms with Crippen LogP contribution in [-0.4, -0.2) is 38.5 Å². The molecule has 2 N–H and O–H groups in total. The van der Waals surface area contributed by atoms with E-state index in [1.807, 2.05) is 7.05 Å². The van der Waals surface area contributed by atoms with Gasteiger partial charge in [-0.05, 0) is 43.6 Å². The number of aryl methyl sites for hydroxylation is 1. The summed E-state index contributed by atoms with van der Waals surface area (Å²) in [6.07, 6.45) is 0. The molecule has 1 atom stereocenters. The minimum Gasteiger partial charge on any atom is -0.356 e. The van der Waals surface area contributed by atoms with Crippen LogP contribution in [0.2, 0.25) is 0 Å². The molecule has 0 fully saturated rings. The lowest BCUT2D eigenvalue weighted by Crippen LogP contribution is -2.38. The smallest absolute Gasteiger partial charge is 0.191 e. The minimum absolute atomic E-state index is 0. The molecule has 0 heterocycles. The van der Waals surface area contributed by atoms with Gasteiger partial charge in [-0.15, -0.1) is 24.0 Å². The molecule has 0 spiro atoms. The van der Waals surface area contributed by atoms with Crippen molar-refractivity contribution < 1.29 is 0 Å². The van der Waals surface area contributed by atoms with Crippen LogP contribution < -0.4 is 10.6 Å². The molecule has 0 aromatic heterocycles. The Morgan fingerprint density at radius 3 is 2.41 bits per heavy atom. The first-order valence-corrected chi connectivity index (χ1v) is 9.21. The lowest BCUT2D eigenvalue weighted by Gasteiger charge is -2.17. The summed E-state index contributed by atoms with van der Waals surface area (Å²) in [6.45, 7) is 6.94. The van der Waals surface area contributed by atoms with Crippen LogP contribution in [0.3, 0.4) is 0 Å². The van der Waals surface area contributed by atoms with Crippen LogP contribution in [0.1, 0.15) is 35.1 Å².